The van der Waals surface area contributed by atoms with Gasteiger partial charge in [-0.25, -0.2) is 0 Å². The summed E-state index contributed by atoms with van der Waals surface area (Å²) in [7, 11) is 0. The third kappa shape index (κ3) is 3.44. The van der Waals surface area contributed by atoms with Gasteiger partial charge >= 0.3 is 0 Å². The number of nitrogens with one attached hydrogen (secondary N) is 2. The molecule has 1 saturated carbocycles. The standard InChI is InChI=1S/C14H26N2O/c1-14(2,3)16-13(17)12-8-10-6-4-5-7-11(10)9-15-12/h10-12,15H,4-9H2,1-3H3,(H,16,17)/t10?,11-,12?/m0/s1. The molecule has 0 aromatic carbocycles. The second kappa shape index (κ2) is 4.97. The smallest absolute Gasteiger partial charge is 0.237 e. The molecule has 1 amide bonds. The number of piperidine rings is 1. The van der Waals surface area contributed by atoms with E-state index in [0.29, 0.717) is 0 Å². The van der Waals surface area contributed by atoms with Gasteiger partial charge in [-0.3, -0.25) is 4.79 Å². The first-order valence-corrected chi connectivity index (χ1v) is 7.01. The summed E-state index contributed by atoms with van der Waals surface area (Å²) in [5, 5.41) is 6.51. The van der Waals surface area contributed by atoms with E-state index >= 15 is 0 Å². The van der Waals surface area contributed by atoms with Gasteiger partial charge < -0.3 is 10.6 Å². The molecule has 3 atom stereocenters. The summed E-state index contributed by atoms with van der Waals surface area (Å²) in [6.45, 7) is 7.15. The van der Waals surface area contributed by atoms with E-state index in [1.165, 1.54) is 25.7 Å². The molecule has 0 aromatic rings. The van der Waals surface area contributed by atoms with E-state index in [1.54, 1.807) is 0 Å². The van der Waals surface area contributed by atoms with Crippen LogP contribution < -0.4 is 10.6 Å². The summed E-state index contributed by atoms with van der Waals surface area (Å²) < 4.78 is 0. The largest absolute Gasteiger partial charge is 0.350 e. The summed E-state index contributed by atoms with van der Waals surface area (Å²) in [5.41, 5.74) is -0.123. The zero-order valence-corrected chi connectivity index (χ0v) is 11.4. The maximum Gasteiger partial charge on any atom is 0.237 e. The summed E-state index contributed by atoms with van der Waals surface area (Å²) in [5.74, 6) is 1.78. The molecule has 2 fully saturated rings. The lowest BCUT2D eigenvalue weighted by Crippen LogP contribution is -2.55. The van der Waals surface area contributed by atoms with Crippen LogP contribution in [-0.2, 0) is 4.79 Å². The van der Waals surface area contributed by atoms with Crippen molar-refractivity contribution >= 4 is 5.91 Å². The van der Waals surface area contributed by atoms with E-state index < -0.39 is 0 Å². The molecule has 0 radical (unpaired) electrons. The molecule has 1 saturated heterocycles. The molecule has 1 aliphatic carbocycles. The van der Waals surface area contributed by atoms with Crippen molar-refractivity contribution in [2.24, 2.45) is 11.8 Å². The van der Waals surface area contributed by atoms with Gasteiger partial charge in [-0.15, -0.1) is 0 Å². The van der Waals surface area contributed by atoms with Crippen LogP contribution in [0.4, 0.5) is 0 Å². The number of hydrogen-bond donors (Lipinski definition) is 2. The van der Waals surface area contributed by atoms with Gasteiger partial charge in [0.2, 0.25) is 5.91 Å². The molecule has 1 heterocycles. The van der Waals surface area contributed by atoms with Crippen molar-refractivity contribution in [3.05, 3.63) is 0 Å². The van der Waals surface area contributed by atoms with Crippen LogP contribution in [0.3, 0.4) is 0 Å². The fourth-order valence-electron chi connectivity index (χ4n) is 3.20. The molecule has 0 bridgehead atoms. The average molecular weight is 238 g/mol. The Morgan fingerprint density at radius 1 is 1.18 bits per heavy atom. The molecule has 0 aromatic heterocycles. The highest BCUT2D eigenvalue weighted by atomic mass is 16.2. The van der Waals surface area contributed by atoms with Gasteiger partial charge in [0.15, 0.2) is 0 Å². The van der Waals surface area contributed by atoms with Gasteiger partial charge in [0.05, 0.1) is 6.04 Å². The lowest BCUT2D eigenvalue weighted by Gasteiger charge is -2.40. The number of fused-ring (bicyclic) bond motifs is 1. The molecular formula is C14H26N2O. The quantitative estimate of drug-likeness (QED) is 0.734. The number of carbonyl (C=O) groups excluding carboxylic acids is 1. The lowest BCUT2D eigenvalue weighted by molar-refractivity contribution is -0.126. The summed E-state index contributed by atoms with van der Waals surface area (Å²) in [4.78, 5) is 12.1. The van der Waals surface area contributed by atoms with Gasteiger partial charge in [0.25, 0.3) is 0 Å². The summed E-state index contributed by atoms with van der Waals surface area (Å²) in [6, 6.07) is 0.0357. The Labute approximate surface area is 105 Å². The van der Waals surface area contributed by atoms with Crippen LogP contribution in [0.1, 0.15) is 52.9 Å². The maximum absolute atomic E-state index is 12.1. The van der Waals surface area contributed by atoms with Crippen molar-refractivity contribution in [2.45, 2.75) is 64.5 Å². The van der Waals surface area contributed by atoms with Crippen molar-refractivity contribution in [1.29, 1.82) is 0 Å². The number of amides is 1. The van der Waals surface area contributed by atoms with Crippen molar-refractivity contribution in [3.8, 4) is 0 Å². The van der Waals surface area contributed by atoms with Crippen LogP contribution in [0.5, 0.6) is 0 Å². The molecule has 2 rings (SSSR count). The Morgan fingerprint density at radius 3 is 2.47 bits per heavy atom. The normalized spacial score (nSPS) is 33.9. The van der Waals surface area contributed by atoms with Crippen LogP contribution in [0.15, 0.2) is 0 Å². The zero-order chi connectivity index (χ0) is 12.5. The minimum Gasteiger partial charge on any atom is -0.350 e. The van der Waals surface area contributed by atoms with Crippen LogP contribution in [0, 0.1) is 11.8 Å². The zero-order valence-electron chi connectivity index (χ0n) is 11.4. The Hall–Kier alpha value is -0.570. The molecular weight excluding hydrogens is 212 g/mol. The van der Waals surface area contributed by atoms with Gasteiger partial charge in [-0.2, -0.15) is 0 Å². The minimum atomic E-state index is -0.123. The second-order valence-corrected chi connectivity index (χ2v) is 6.74. The topological polar surface area (TPSA) is 41.1 Å². The minimum absolute atomic E-state index is 0.0357. The Morgan fingerprint density at radius 2 is 1.82 bits per heavy atom. The molecule has 0 spiro atoms. The van der Waals surface area contributed by atoms with Crippen molar-refractivity contribution in [3.63, 3.8) is 0 Å². The van der Waals surface area contributed by atoms with Crippen molar-refractivity contribution in [2.75, 3.05) is 6.54 Å². The Kier molecular flexibility index (Phi) is 3.76. The molecule has 98 valence electrons. The summed E-state index contributed by atoms with van der Waals surface area (Å²) >= 11 is 0. The predicted octanol–water partition coefficient (Wildman–Crippen LogP) is 2.07. The fourth-order valence-corrected chi connectivity index (χ4v) is 3.20. The first-order valence-electron chi connectivity index (χ1n) is 7.01. The highest BCUT2D eigenvalue weighted by Gasteiger charge is 2.35. The Bertz CT molecular complexity index is 282. The van der Waals surface area contributed by atoms with E-state index in [-0.39, 0.29) is 17.5 Å². The molecule has 17 heavy (non-hydrogen) atoms. The van der Waals surface area contributed by atoms with E-state index in [4.69, 9.17) is 0 Å². The van der Waals surface area contributed by atoms with Gasteiger partial charge in [0.1, 0.15) is 0 Å². The fraction of sp³-hybridized carbons (Fsp3) is 0.929. The molecule has 2 aliphatic rings. The Balaban J connectivity index is 1.89. The van der Waals surface area contributed by atoms with Gasteiger partial charge in [-0.1, -0.05) is 19.3 Å². The van der Waals surface area contributed by atoms with E-state index in [2.05, 4.69) is 10.6 Å². The lowest BCUT2D eigenvalue weighted by atomic mass is 9.73. The van der Waals surface area contributed by atoms with Crippen molar-refractivity contribution in [1.82, 2.24) is 10.6 Å². The van der Waals surface area contributed by atoms with Crippen LogP contribution >= 0.6 is 0 Å². The van der Waals surface area contributed by atoms with E-state index in [1.807, 2.05) is 20.8 Å². The third-order valence-electron chi connectivity index (χ3n) is 4.05. The third-order valence-corrected chi connectivity index (χ3v) is 4.05. The predicted molar refractivity (Wildman–Crippen MR) is 69.8 cm³/mol. The monoisotopic (exact) mass is 238 g/mol. The van der Waals surface area contributed by atoms with Crippen LogP contribution in [0.25, 0.3) is 0 Å². The van der Waals surface area contributed by atoms with Crippen molar-refractivity contribution < 1.29 is 4.79 Å². The number of carbonyl (C=O) groups is 1. The highest BCUT2D eigenvalue weighted by molar-refractivity contribution is 5.82. The van der Waals surface area contributed by atoms with E-state index in [9.17, 15) is 4.79 Å². The van der Waals surface area contributed by atoms with Crippen LogP contribution in [-0.4, -0.2) is 24.0 Å². The molecule has 2 unspecified atom stereocenters. The second-order valence-electron chi connectivity index (χ2n) is 6.74. The van der Waals surface area contributed by atoms with Crippen LogP contribution in [0.2, 0.25) is 0 Å². The SMILES string of the molecule is CC(C)(C)NC(=O)C1CC2CCCC[C@H]2CN1. The first-order chi connectivity index (χ1) is 7.96. The van der Waals surface area contributed by atoms with Gasteiger partial charge in [0, 0.05) is 5.54 Å². The number of rotatable bonds is 1. The van der Waals surface area contributed by atoms with E-state index in [0.717, 1.165) is 24.8 Å². The highest BCUT2D eigenvalue weighted by Crippen LogP contribution is 2.35. The van der Waals surface area contributed by atoms with Gasteiger partial charge in [-0.05, 0) is 52.0 Å². The summed E-state index contributed by atoms with van der Waals surface area (Å²) in [6.07, 6.45) is 6.44. The first kappa shape index (κ1) is 12.9. The number of hydrogen-bond acceptors (Lipinski definition) is 2. The molecule has 1 aliphatic heterocycles. The molecule has 2 N–H and O–H groups in total. The molecule has 3 nitrogen and oxygen atoms in total. The maximum atomic E-state index is 12.1. The average Bonchev–Trinajstić information content (AvgIpc) is 2.26. The molecule has 3 heteroatoms.